The topological polar surface area (TPSA) is 33.1 Å². The van der Waals surface area contributed by atoms with Crippen molar-refractivity contribution >= 4 is 15.9 Å². The normalized spacial score (nSPS) is 13.3. The Morgan fingerprint density at radius 2 is 2.11 bits per heavy atom. The molecule has 0 radical (unpaired) electrons. The second-order valence-electron chi connectivity index (χ2n) is 5.02. The van der Waals surface area contributed by atoms with Gasteiger partial charge in [0.2, 0.25) is 0 Å². The lowest BCUT2D eigenvalue weighted by Gasteiger charge is -2.20. The Hall–Kier alpha value is -0.390. The van der Waals surface area contributed by atoms with Gasteiger partial charge in [-0.15, -0.1) is 0 Å². The van der Waals surface area contributed by atoms with Crippen LogP contribution in [0.15, 0.2) is 4.47 Å². The number of nitrogens with one attached hydrogen (secondary N) is 1. The summed E-state index contributed by atoms with van der Waals surface area (Å²) < 4.78 is 3.14. The number of halogens is 1. The van der Waals surface area contributed by atoms with Gasteiger partial charge >= 0.3 is 0 Å². The quantitative estimate of drug-likeness (QED) is 0.835. The van der Waals surface area contributed by atoms with E-state index in [9.17, 15) is 0 Å². The lowest BCUT2D eigenvalue weighted by atomic mass is 10.1. The highest BCUT2D eigenvalue weighted by Gasteiger charge is 2.16. The van der Waals surface area contributed by atoms with Crippen molar-refractivity contribution in [1.29, 1.82) is 0 Å². The van der Waals surface area contributed by atoms with Crippen LogP contribution >= 0.6 is 15.9 Å². The molecule has 0 aliphatic heterocycles. The smallest absolute Gasteiger partial charge is 0.0738 e. The fourth-order valence-corrected chi connectivity index (χ4v) is 2.61. The highest BCUT2D eigenvalue weighted by atomic mass is 79.9. The van der Waals surface area contributed by atoms with Crippen LogP contribution in [0, 0.1) is 6.92 Å². The van der Waals surface area contributed by atoms with Gasteiger partial charge in [0.05, 0.1) is 15.9 Å². The van der Waals surface area contributed by atoms with Gasteiger partial charge in [-0.2, -0.15) is 5.10 Å². The van der Waals surface area contributed by atoms with Crippen LogP contribution in [0.1, 0.15) is 24.7 Å². The second kappa shape index (κ2) is 7.26. The SMILES string of the molecule is CCNC(CCN(C)C)Cc1c(Br)c(C)nn1C. The number of nitrogens with zero attached hydrogens (tertiary/aromatic N) is 3. The Labute approximate surface area is 119 Å². The number of aryl methyl sites for hydroxylation is 2. The van der Waals surface area contributed by atoms with Gasteiger partial charge in [0.15, 0.2) is 0 Å². The van der Waals surface area contributed by atoms with Crippen LogP contribution in [-0.4, -0.2) is 47.9 Å². The molecule has 1 N–H and O–H groups in total. The van der Waals surface area contributed by atoms with Gasteiger partial charge < -0.3 is 10.2 Å². The number of hydrogen-bond donors (Lipinski definition) is 1. The van der Waals surface area contributed by atoms with Crippen molar-refractivity contribution in [2.45, 2.75) is 32.7 Å². The molecule has 1 rings (SSSR count). The highest BCUT2D eigenvalue weighted by molar-refractivity contribution is 9.10. The van der Waals surface area contributed by atoms with E-state index in [4.69, 9.17) is 0 Å². The zero-order chi connectivity index (χ0) is 13.7. The molecule has 1 heterocycles. The molecule has 0 aliphatic rings. The summed E-state index contributed by atoms with van der Waals surface area (Å²) in [5.41, 5.74) is 2.34. The Balaban J connectivity index is 2.70. The molecule has 0 aromatic carbocycles. The fraction of sp³-hybridized carbons (Fsp3) is 0.769. The van der Waals surface area contributed by atoms with E-state index in [1.54, 1.807) is 0 Å². The maximum absolute atomic E-state index is 4.45. The first-order chi connectivity index (χ1) is 8.45. The van der Waals surface area contributed by atoms with E-state index in [0.29, 0.717) is 6.04 Å². The number of aromatic nitrogens is 2. The third-order valence-electron chi connectivity index (χ3n) is 3.12. The zero-order valence-corrected chi connectivity index (χ0v) is 13.7. The predicted octanol–water partition coefficient (Wildman–Crippen LogP) is 1.96. The first kappa shape index (κ1) is 15.7. The Kier molecular flexibility index (Phi) is 6.32. The molecular formula is C13H25BrN4. The average molecular weight is 317 g/mol. The monoisotopic (exact) mass is 316 g/mol. The van der Waals surface area contributed by atoms with E-state index in [-0.39, 0.29) is 0 Å². The standard InChI is InChI=1S/C13H25BrN4/c1-6-15-11(7-8-17(3)4)9-12-13(14)10(2)16-18(12)5/h11,15H,6-9H2,1-5H3. The second-order valence-corrected chi connectivity index (χ2v) is 5.81. The molecule has 0 aliphatic carbocycles. The molecule has 0 saturated heterocycles. The molecule has 1 aromatic heterocycles. The third-order valence-corrected chi connectivity index (χ3v) is 4.15. The van der Waals surface area contributed by atoms with Gasteiger partial charge in [0.25, 0.3) is 0 Å². The summed E-state index contributed by atoms with van der Waals surface area (Å²) in [5.74, 6) is 0. The maximum atomic E-state index is 4.45. The minimum absolute atomic E-state index is 0.503. The molecule has 1 unspecified atom stereocenters. The van der Waals surface area contributed by atoms with Gasteiger partial charge in [-0.1, -0.05) is 6.92 Å². The van der Waals surface area contributed by atoms with E-state index < -0.39 is 0 Å². The molecule has 1 atom stereocenters. The van der Waals surface area contributed by atoms with Gasteiger partial charge in [0, 0.05) is 19.5 Å². The van der Waals surface area contributed by atoms with Crippen LogP contribution < -0.4 is 5.32 Å². The van der Waals surface area contributed by atoms with E-state index in [2.05, 4.69) is 52.3 Å². The van der Waals surface area contributed by atoms with Crippen molar-refractivity contribution in [2.75, 3.05) is 27.2 Å². The molecule has 0 amide bonds. The van der Waals surface area contributed by atoms with Crippen LogP contribution in [0.25, 0.3) is 0 Å². The minimum atomic E-state index is 0.503. The molecule has 1 aromatic rings. The largest absolute Gasteiger partial charge is 0.314 e. The summed E-state index contributed by atoms with van der Waals surface area (Å²) in [6.45, 7) is 6.31. The zero-order valence-electron chi connectivity index (χ0n) is 12.1. The van der Waals surface area contributed by atoms with E-state index in [1.807, 2.05) is 18.7 Å². The molecule has 18 heavy (non-hydrogen) atoms. The Bertz CT molecular complexity index is 373. The predicted molar refractivity (Wildman–Crippen MR) is 80.0 cm³/mol. The van der Waals surface area contributed by atoms with Crippen LogP contribution in [0.5, 0.6) is 0 Å². The van der Waals surface area contributed by atoms with Crippen LogP contribution in [0.4, 0.5) is 0 Å². The summed E-state index contributed by atoms with van der Waals surface area (Å²) in [5, 5.41) is 8.01. The number of rotatable bonds is 7. The number of likely N-dealkylation sites (N-methyl/N-ethyl adjacent to an activating group) is 1. The van der Waals surface area contributed by atoms with Crippen LogP contribution in [-0.2, 0) is 13.5 Å². The molecule has 4 nitrogen and oxygen atoms in total. The first-order valence-electron chi connectivity index (χ1n) is 6.51. The van der Waals surface area contributed by atoms with Crippen LogP contribution in [0.2, 0.25) is 0 Å². The van der Waals surface area contributed by atoms with Crippen molar-refractivity contribution in [1.82, 2.24) is 20.0 Å². The molecular weight excluding hydrogens is 292 g/mol. The van der Waals surface area contributed by atoms with E-state index in [0.717, 1.165) is 36.1 Å². The van der Waals surface area contributed by atoms with Crippen molar-refractivity contribution in [3.8, 4) is 0 Å². The van der Waals surface area contributed by atoms with Crippen molar-refractivity contribution in [3.05, 3.63) is 15.9 Å². The molecule has 0 fully saturated rings. The van der Waals surface area contributed by atoms with Gasteiger partial charge in [-0.05, 0) is 56.5 Å². The van der Waals surface area contributed by atoms with Crippen molar-refractivity contribution < 1.29 is 0 Å². The molecule has 104 valence electrons. The van der Waals surface area contributed by atoms with Gasteiger partial charge in [0.1, 0.15) is 0 Å². The third kappa shape index (κ3) is 4.37. The fourth-order valence-electron chi connectivity index (χ4n) is 2.11. The lowest BCUT2D eigenvalue weighted by Crippen LogP contribution is -2.34. The summed E-state index contributed by atoms with van der Waals surface area (Å²) >= 11 is 3.64. The minimum Gasteiger partial charge on any atom is -0.314 e. The Morgan fingerprint density at radius 3 is 2.56 bits per heavy atom. The summed E-state index contributed by atoms with van der Waals surface area (Å²) in [7, 11) is 6.25. The maximum Gasteiger partial charge on any atom is 0.0738 e. The van der Waals surface area contributed by atoms with E-state index >= 15 is 0 Å². The highest BCUT2D eigenvalue weighted by Crippen LogP contribution is 2.22. The van der Waals surface area contributed by atoms with E-state index in [1.165, 1.54) is 5.69 Å². The van der Waals surface area contributed by atoms with Gasteiger partial charge in [-0.3, -0.25) is 4.68 Å². The molecule has 0 bridgehead atoms. The first-order valence-corrected chi connectivity index (χ1v) is 7.31. The Morgan fingerprint density at radius 1 is 1.44 bits per heavy atom. The van der Waals surface area contributed by atoms with Crippen molar-refractivity contribution in [3.63, 3.8) is 0 Å². The summed E-state index contributed by atoms with van der Waals surface area (Å²) in [4.78, 5) is 2.23. The van der Waals surface area contributed by atoms with Crippen LogP contribution in [0.3, 0.4) is 0 Å². The summed E-state index contributed by atoms with van der Waals surface area (Å²) in [6.07, 6.45) is 2.16. The summed E-state index contributed by atoms with van der Waals surface area (Å²) in [6, 6.07) is 0.503. The number of hydrogen-bond acceptors (Lipinski definition) is 3. The lowest BCUT2D eigenvalue weighted by molar-refractivity contribution is 0.356. The molecule has 5 heteroatoms. The molecule has 0 spiro atoms. The molecule has 0 saturated carbocycles. The average Bonchev–Trinajstić information content (AvgIpc) is 2.53. The van der Waals surface area contributed by atoms with Crippen molar-refractivity contribution in [2.24, 2.45) is 7.05 Å². The van der Waals surface area contributed by atoms with Gasteiger partial charge in [-0.25, -0.2) is 0 Å².